The third-order valence-corrected chi connectivity index (χ3v) is 5.42. The molecule has 1 aromatic carbocycles. The van der Waals surface area contributed by atoms with Crippen molar-refractivity contribution in [2.75, 3.05) is 6.61 Å². The lowest BCUT2D eigenvalue weighted by molar-refractivity contribution is -0.138. The van der Waals surface area contributed by atoms with E-state index >= 15 is 0 Å². The van der Waals surface area contributed by atoms with E-state index in [9.17, 15) is 13.2 Å². The number of aliphatic hydroxyl groups excluding tert-OH is 1. The summed E-state index contributed by atoms with van der Waals surface area (Å²) < 4.78 is 41.1. The first-order valence-electron chi connectivity index (χ1n) is 9.71. The fourth-order valence-electron chi connectivity index (χ4n) is 4.06. The van der Waals surface area contributed by atoms with Crippen LogP contribution in [0.15, 0.2) is 30.3 Å². The minimum Gasteiger partial charge on any atom is -0.396 e. The second-order valence-electron chi connectivity index (χ2n) is 7.32. The first kappa shape index (κ1) is 19.9. The number of pyridine rings is 1. The van der Waals surface area contributed by atoms with Gasteiger partial charge in [0.15, 0.2) is 0 Å². The van der Waals surface area contributed by atoms with Crippen molar-refractivity contribution in [1.82, 2.24) is 4.98 Å². The summed E-state index contributed by atoms with van der Waals surface area (Å²) in [6.07, 6.45) is 0.930. The summed E-state index contributed by atoms with van der Waals surface area (Å²) in [6.45, 7) is 1.86. The molecule has 1 aromatic heterocycles. The SMILES string of the molecule is CCc1c(C(F)(F)F)cc(Cc2ccc(CCO)cc2)nc1C1CCCC1. The van der Waals surface area contributed by atoms with Crippen LogP contribution in [0.5, 0.6) is 0 Å². The number of nitrogens with zero attached hydrogens (tertiary/aromatic N) is 1. The lowest BCUT2D eigenvalue weighted by Gasteiger charge is -2.20. The summed E-state index contributed by atoms with van der Waals surface area (Å²) in [5.41, 5.74) is 2.94. The summed E-state index contributed by atoms with van der Waals surface area (Å²) in [4.78, 5) is 4.71. The highest BCUT2D eigenvalue weighted by Crippen LogP contribution is 2.40. The van der Waals surface area contributed by atoms with Gasteiger partial charge < -0.3 is 5.11 Å². The minimum absolute atomic E-state index is 0.0824. The van der Waals surface area contributed by atoms with Gasteiger partial charge in [-0.25, -0.2) is 0 Å². The zero-order chi connectivity index (χ0) is 19.4. The van der Waals surface area contributed by atoms with E-state index < -0.39 is 11.7 Å². The van der Waals surface area contributed by atoms with Crippen LogP contribution in [0.2, 0.25) is 0 Å². The van der Waals surface area contributed by atoms with Gasteiger partial charge in [-0.1, -0.05) is 44.0 Å². The smallest absolute Gasteiger partial charge is 0.396 e. The first-order valence-corrected chi connectivity index (χ1v) is 9.71. The van der Waals surface area contributed by atoms with E-state index in [1.54, 1.807) is 6.92 Å². The topological polar surface area (TPSA) is 33.1 Å². The van der Waals surface area contributed by atoms with Crippen LogP contribution >= 0.6 is 0 Å². The molecule has 1 N–H and O–H groups in total. The molecule has 5 heteroatoms. The molecule has 0 saturated heterocycles. The normalized spacial score (nSPS) is 15.4. The highest BCUT2D eigenvalue weighted by Gasteiger charge is 2.36. The molecular weight excluding hydrogens is 351 g/mol. The largest absolute Gasteiger partial charge is 0.416 e. The number of alkyl halides is 3. The fourth-order valence-corrected chi connectivity index (χ4v) is 4.06. The van der Waals surface area contributed by atoms with Crippen molar-refractivity contribution >= 4 is 0 Å². The van der Waals surface area contributed by atoms with Crippen molar-refractivity contribution in [2.24, 2.45) is 0 Å². The molecule has 1 aliphatic rings. The fraction of sp³-hybridized carbons (Fsp3) is 0.500. The quantitative estimate of drug-likeness (QED) is 0.726. The number of aliphatic hydroxyl groups is 1. The summed E-state index contributed by atoms with van der Waals surface area (Å²) in [5.74, 6) is 0.146. The molecule has 27 heavy (non-hydrogen) atoms. The molecule has 0 unspecified atom stereocenters. The van der Waals surface area contributed by atoms with Gasteiger partial charge in [-0.2, -0.15) is 13.2 Å². The van der Waals surface area contributed by atoms with E-state index in [0.717, 1.165) is 36.8 Å². The number of benzene rings is 1. The lowest BCUT2D eigenvalue weighted by Crippen LogP contribution is -2.16. The number of halogens is 3. The van der Waals surface area contributed by atoms with E-state index in [1.165, 1.54) is 6.07 Å². The highest BCUT2D eigenvalue weighted by atomic mass is 19.4. The highest BCUT2D eigenvalue weighted by molar-refractivity contribution is 5.39. The molecule has 1 heterocycles. The Hall–Kier alpha value is -1.88. The van der Waals surface area contributed by atoms with Crippen LogP contribution in [-0.4, -0.2) is 16.7 Å². The van der Waals surface area contributed by atoms with Gasteiger partial charge >= 0.3 is 6.18 Å². The average Bonchev–Trinajstić information content (AvgIpc) is 3.17. The molecule has 146 valence electrons. The van der Waals surface area contributed by atoms with Gasteiger partial charge in [0, 0.05) is 30.3 Å². The van der Waals surface area contributed by atoms with E-state index in [2.05, 4.69) is 0 Å². The number of hydrogen-bond acceptors (Lipinski definition) is 2. The van der Waals surface area contributed by atoms with Gasteiger partial charge in [-0.3, -0.25) is 4.98 Å². The monoisotopic (exact) mass is 377 g/mol. The first-order chi connectivity index (χ1) is 12.9. The molecule has 2 aromatic rings. The van der Waals surface area contributed by atoms with Crippen molar-refractivity contribution in [3.8, 4) is 0 Å². The number of hydrogen-bond donors (Lipinski definition) is 1. The molecule has 2 nitrogen and oxygen atoms in total. The Labute approximate surface area is 158 Å². The Morgan fingerprint density at radius 2 is 1.70 bits per heavy atom. The predicted molar refractivity (Wildman–Crippen MR) is 99.9 cm³/mol. The summed E-state index contributed by atoms with van der Waals surface area (Å²) >= 11 is 0. The number of aromatic nitrogens is 1. The van der Waals surface area contributed by atoms with Gasteiger partial charge in [0.05, 0.1) is 5.56 Å². The molecule has 1 aliphatic carbocycles. The Morgan fingerprint density at radius 1 is 1.07 bits per heavy atom. The standard InChI is InChI=1S/C22H26F3NO/c1-2-19-20(22(23,24)25)14-18(26-21(19)17-5-3-4-6-17)13-16-9-7-15(8-10-16)11-12-27/h7-10,14,17,27H,2-6,11-13H2,1H3. The van der Waals surface area contributed by atoms with Gasteiger partial charge in [0.1, 0.15) is 0 Å². The van der Waals surface area contributed by atoms with Crippen molar-refractivity contribution in [1.29, 1.82) is 0 Å². The van der Waals surface area contributed by atoms with E-state index in [1.807, 2.05) is 24.3 Å². The zero-order valence-electron chi connectivity index (χ0n) is 15.6. The van der Waals surface area contributed by atoms with Crippen LogP contribution < -0.4 is 0 Å². The van der Waals surface area contributed by atoms with Gasteiger partial charge in [0.25, 0.3) is 0 Å². The van der Waals surface area contributed by atoms with Crippen LogP contribution in [0, 0.1) is 0 Å². The maximum absolute atomic E-state index is 13.7. The Kier molecular flexibility index (Phi) is 6.20. The van der Waals surface area contributed by atoms with Crippen LogP contribution in [0.3, 0.4) is 0 Å². The van der Waals surface area contributed by atoms with E-state index in [0.29, 0.717) is 36.2 Å². The van der Waals surface area contributed by atoms with E-state index in [4.69, 9.17) is 10.1 Å². The molecular formula is C22H26F3NO. The Morgan fingerprint density at radius 3 is 2.26 bits per heavy atom. The molecule has 1 saturated carbocycles. The van der Waals surface area contributed by atoms with Crippen LogP contribution in [-0.2, 0) is 25.4 Å². The lowest BCUT2D eigenvalue weighted by atomic mass is 9.92. The van der Waals surface area contributed by atoms with E-state index in [-0.39, 0.29) is 12.5 Å². The number of rotatable bonds is 6. The average molecular weight is 377 g/mol. The van der Waals surface area contributed by atoms with Gasteiger partial charge in [-0.05, 0) is 48.4 Å². The van der Waals surface area contributed by atoms with Crippen LogP contribution in [0.1, 0.15) is 72.2 Å². The molecule has 0 spiro atoms. The summed E-state index contributed by atoms with van der Waals surface area (Å²) in [6, 6.07) is 8.87. The van der Waals surface area contributed by atoms with Gasteiger partial charge in [0.2, 0.25) is 0 Å². The molecule has 3 rings (SSSR count). The third kappa shape index (κ3) is 4.70. The molecule has 0 atom stereocenters. The van der Waals surface area contributed by atoms with Gasteiger partial charge in [-0.15, -0.1) is 0 Å². The second-order valence-corrected chi connectivity index (χ2v) is 7.32. The van der Waals surface area contributed by atoms with Crippen LogP contribution in [0.25, 0.3) is 0 Å². The maximum atomic E-state index is 13.7. The Bertz CT molecular complexity index is 762. The maximum Gasteiger partial charge on any atom is 0.416 e. The van der Waals surface area contributed by atoms with Crippen molar-refractivity contribution in [3.05, 3.63) is 64.0 Å². The molecule has 0 aliphatic heterocycles. The van der Waals surface area contributed by atoms with Crippen molar-refractivity contribution in [3.63, 3.8) is 0 Å². The summed E-state index contributed by atoms with van der Waals surface area (Å²) in [5, 5.41) is 9.00. The molecule has 1 fully saturated rings. The predicted octanol–water partition coefficient (Wildman–Crippen LogP) is 5.45. The second kappa shape index (κ2) is 8.42. The summed E-state index contributed by atoms with van der Waals surface area (Å²) in [7, 11) is 0. The Balaban J connectivity index is 1.97. The zero-order valence-corrected chi connectivity index (χ0v) is 15.6. The van der Waals surface area contributed by atoms with Crippen molar-refractivity contribution < 1.29 is 18.3 Å². The third-order valence-electron chi connectivity index (χ3n) is 5.42. The molecule has 0 bridgehead atoms. The van der Waals surface area contributed by atoms with Crippen LogP contribution in [0.4, 0.5) is 13.2 Å². The van der Waals surface area contributed by atoms with Crippen molar-refractivity contribution in [2.45, 2.75) is 64.0 Å². The molecule has 0 radical (unpaired) electrons. The molecule has 0 amide bonds. The minimum atomic E-state index is -4.36.